The van der Waals surface area contributed by atoms with Gasteiger partial charge in [0, 0.05) is 43.4 Å². The van der Waals surface area contributed by atoms with Crippen molar-refractivity contribution < 1.29 is 9.47 Å². The van der Waals surface area contributed by atoms with Crippen molar-refractivity contribution in [3.63, 3.8) is 0 Å². The van der Waals surface area contributed by atoms with Crippen molar-refractivity contribution in [2.45, 2.75) is 4.90 Å². The minimum absolute atomic E-state index is 0.640. The summed E-state index contributed by atoms with van der Waals surface area (Å²) in [6, 6.07) is 16.9. The van der Waals surface area contributed by atoms with Gasteiger partial charge in [-0.25, -0.2) is 0 Å². The van der Waals surface area contributed by atoms with E-state index in [1.807, 2.05) is 17.8 Å². The van der Waals surface area contributed by atoms with E-state index in [1.165, 1.54) is 10.6 Å². The molecule has 0 saturated carbocycles. The average Bonchev–Trinajstić information content (AvgIpc) is 2.69. The topological polar surface area (TPSA) is 24.9 Å². The van der Waals surface area contributed by atoms with Crippen LogP contribution in [0.3, 0.4) is 0 Å². The van der Waals surface area contributed by atoms with Crippen molar-refractivity contribution in [1.82, 2.24) is 4.90 Å². The van der Waals surface area contributed by atoms with Crippen molar-refractivity contribution in [3.05, 3.63) is 48.5 Å². The molecule has 2 aliphatic rings. The minimum Gasteiger partial charge on any atom is -0.486 e. The van der Waals surface area contributed by atoms with Gasteiger partial charge in [0.1, 0.15) is 13.2 Å². The van der Waals surface area contributed by atoms with Gasteiger partial charge < -0.3 is 14.4 Å². The highest BCUT2D eigenvalue weighted by Gasteiger charge is 2.23. The highest BCUT2D eigenvalue weighted by atomic mass is 32.2. The molecule has 4 rings (SSSR count). The normalized spacial score (nSPS) is 17.5. The van der Waals surface area contributed by atoms with E-state index < -0.39 is 0 Å². The molecule has 2 aromatic carbocycles. The molecule has 1 saturated heterocycles. The van der Waals surface area contributed by atoms with Crippen molar-refractivity contribution in [3.8, 4) is 11.5 Å². The molecular formula is C20H24N2O2S. The van der Waals surface area contributed by atoms with Gasteiger partial charge in [0.25, 0.3) is 0 Å². The zero-order valence-electron chi connectivity index (χ0n) is 14.4. The second-order valence-corrected chi connectivity index (χ2v) is 7.46. The Kier molecular flexibility index (Phi) is 5.33. The fraction of sp³-hybridized carbons (Fsp3) is 0.400. The lowest BCUT2D eigenvalue weighted by Crippen LogP contribution is -2.47. The number of fused-ring (bicyclic) bond motifs is 1. The van der Waals surface area contributed by atoms with Crippen molar-refractivity contribution in [2.75, 3.05) is 56.6 Å². The molecular weight excluding hydrogens is 332 g/mol. The van der Waals surface area contributed by atoms with Crippen LogP contribution in [0.4, 0.5) is 5.69 Å². The smallest absolute Gasteiger partial charge is 0.184 e. The van der Waals surface area contributed by atoms with Crippen LogP contribution in [0.2, 0.25) is 0 Å². The maximum absolute atomic E-state index is 5.86. The lowest BCUT2D eigenvalue weighted by atomic mass is 10.2. The molecule has 0 N–H and O–H groups in total. The maximum atomic E-state index is 5.86. The predicted octanol–water partition coefficient (Wildman–Crippen LogP) is 3.37. The third-order valence-electron chi connectivity index (χ3n) is 4.68. The molecule has 0 radical (unpaired) electrons. The first-order valence-electron chi connectivity index (χ1n) is 8.94. The molecule has 0 unspecified atom stereocenters. The number of para-hydroxylation sites is 1. The molecule has 0 spiro atoms. The van der Waals surface area contributed by atoms with E-state index in [0.717, 1.165) is 50.0 Å². The Morgan fingerprint density at radius 3 is 2.48 bits per heavy atom. The molecule has 0 aromatic heterocycles. The Morgan fingerprint density at radius 2 is 1.64 bits per heavy atom. The van der Waals surface area contributed by atoms with Gasteiger partial charge >= 0.3 is 0 Å². The van der Waals surface area contributed by atoms with Crippen LogP contribution in [-0.2, 0) is 0 Å². The van der Waals surface area contributed by atoms with Crippen LogP contribution in [0.25, 0.3) is 0 Å². The van der Waals surface area contributed by atoms with Crippen LogP contribution in [0.5, 0.6) is 11.5 Å². The molecule has 4 nitrogen and oxygen atoms in total. The molecule has 2 heterocycles. The SMILES string of the molecule is c1ccc(SCCN2CCN(c3cccc4c3OCCO4)CC2)cc1. The lowest BCUT2D eigenvalue weighted by Gasteiger charge is -2.37. The van der Waals surface area contributed by atoms with E-state index >= 15 is 0 Å². The van der Waals surface area contributed by atoms with E-state index in [-0.39, 0.29) is 0 Å². The van der Waals surface area contributed by atoms with Crippen molar-refractivity contribution >= 4 is 17.4 Å². The molecule has 2 aromatic rings. The molecule has 5 heteroatoms. The van der Waals surface area contributed by atoms with E-state index in [1.54, 1.807) is 0 Å². The lowest BCUT2D eigenvalue weighted by molar-refractivity contribution is 0.171. The van der Waals surface area contributed by atoms with Gasteiger partial charge in [-0.1, -0.05) is 24.3 Å². The first-order valence-corrected chi connectivity index (χ1v) is 9.92. The van der Waals surface area contributed by atoms with Crippen LogP contribution in [0, 0.1) is 0 Å². The number of hydrogen-bond donors (Lipinski definition) is 0. The highest BCUT2D eigenvalue weighted by Crippen LogP contribution is 2.39. The summed E-state index contributed by atoms with van der Waals surface area (Å²) in [5.41, 5.74) is 1.18. The Balaban J connectivity index is 1.29. The fourth-order valence-electron chi connectivity index (χ4n) is 3.33. The summed E-state index contributed by atoms with van der Waals surface area (Å²) in [5.74, 6) is 2.94. The van der Waals surface area contributed by atoms with E-state index in [2.05, 4.69) is 52.3 Å². The third kappa shape index (κ3) is 4.05. The van der Waals surface area contributed by atoms with Crippen molar-refractivity contribution in [1.29, 1.82) is 0 Å². The number of piperazine rings is 1. The summed E-state index contributed by atoms with van der Waals surface area (Å²) in [6.45, 7) is 6.69. The van der Waals surface area contributed by atoms with Crippen LogP contribution in [0.15, 0.2) is 53.4 Å². The summed E-state index contributed by atoms with van der Waals surface area (Å²) in [4.78, 5) is 6.34. The molecule has 25 heavy (non-hydrogen) atoms. The van der Waals surface area contributed by atoms with Crippen molar-refractivity contribution in [2.24, 2.45) is 0 Å². The third-order valence-corrected chi connectivity index (χ3v) is 5.67. The van der Waals surface area contributed by atoms with E-state index in [4.69, 9.17) is 9.47 Å². The van der Waals surface area contributed by atoms with Gasteiger partial charge in [0.15, 0.2) is 11.5 Å². The molecule has 0 atom stereocenters. The van der Waals surface area contributed by atoms with Crippen LogP contribution in [-0.4, -0.2) is 56.6 Å². The number of anilines is 1. The highest BCUT2D eigenvalue weighted by molar-refractivity contribution is 7.99. The summed E-state index contributed by atoms with van der Waals surface area (Å²) in [5, 5.41) is 0. The van der Waals surface area contributed by atoms with Crippen LogP contribution >= 0.6 is 11.8 Å². The summed E-state index contributed by atoms with van der Waals surface area (Å²) < 4.78 is 11.6. The fourth-order valence-corrected chi connectivity index (χ4v) is 4.26. The van der Waals surface area contributed by atoms with Crippen LogP contribution < -0.4 is 14.4 Å². The number of ether oxygens (including phenoxy) is 2. The number of hydrogen-bond acceptors (Lipinski definition) is 5. The Morgan fingerprint density at radius 1 is 0.840 bits per heavy atom. The van der Waals surface area contributed by atoms with Gasteiger partial charge in [-0.05, 0) is 24.3 Å². The number of rotatable bonds is 5. The molecule has 0 bridgehead atoms. The Bertz CT molecular complexity index is 687. The summed E-state index contributed by atoms with van der Waals surface area (Å²) >= 11 is 1.94. The monoisotopic (exact) mass is 356 g/mol. The molecule has 0 aliphatic carbocycles. The van der Waals surface area contributed by atoms with Gasteiger partial charge in [-0.2, -0.15) is 0 Å². The number of benzene rings is 2. The quantitative estimate of drug-likeness (QED) is 0.765. The predicted molar refractivity (Wildman–Crippen MR) is 103 cm³/mol. The van der Waals surface area contributed by atoms with Crippen LogP contribution in [0.1, 0.15) is 0 Å². The number of thioether (sulfide) groups is 1. The standard InChI is InChI=1S/C20H24N2O2S/c1-2-5-17(6-3-1)25-16-13-21-9-11-22(12-10-21)18-7-4-8-19-20(18)24-15-14-23-19/h1-8H,9-16H2. The molecule has 0 amide bonds. The first kappa shape index (κ1) is 16.6. The van der Waals surface area contributed by atoms with Gasteiger partial charge in [0.05, 0.1) is 5.69 Å². The van der Waals surface area contributed by atoms with E-state index in [9.17, 15) is 0 Å². The maximum Gasteiger partial charge on any atom is 0.184 e. The second kappa shape index (κ2) is 8.02. The van der Waals surface area contributed by atoms with Gasteiger partial charge in [-0.3, -0.25) is 4.90 Å². The molecule has 1 fully saturated rings. The van der Waals surface area contributed by atoms with Gasteiger partial charge in [0.2, 0.25) is 0 Å². The molecule has 132 valence electrons. The average molecular weight is 356 g/mol. The minimum atomic E-state index is 0.640. The summed E-state index contributed by atoms with van der Waals surface area (Å²) in [7, 11) is 0. The molecule has 2 aliphatic heterocycles. The Hall–Kier alpha value is -1.85. The van der Waals surface area contributed by atoms with Gasteiger partial charge in [-0.15, -0.1) is 11.8 Å². The first-order chi connectivity index (χ1) is 12.4. The second-order valence-electron chi connectivity index (χ2n) is 6.29. The zero-order chi connectivity index (χ0) is 16.9. The zero-order valence-corrected chi connectivity index (χ0v) is 15.2. The largest absolute Gasteiger partial charge is 0.486 e. The van der Waals surface area contributed by atoms with E-state index in [0.29, 0.717) is 13.2 Å². The number of nitrogens with zero attached hydrogens (tertiary/aromatic N) is 2. The summed E-state index contributed by atoms with van der Waals surface area (Å²) in [6.07, 6.45) is 0. The Labute approximate surface area is 153 Å².